The lowest BCUT2D eigenvalue weighted by Gasteiger charge is -2.11. The Morgan fingerprint density at radius 1 is 1.32 bits per heavy atom. The van der Waals surface area contributed by atoms with Gasteiger partial charge in [0.2, 0.25) is 0 Å². The third-order valence-corrected chi connectivity index (χ3v) is 3.79. The van der Waals surface area contributed by atoms with Crippen molar-refractivity contribution in [3.63, 3.8) is 0 Å². The maximum atomic E-state index is 5.34. The Hall–Kier alpha value is -1.49. The number of hydrogen-bond donors (Lipinski definition) is 1. The van der Waals surface area contributed by atoms with Gasteiger partial charge < -0.3 is 9.73 Å². The molecule has 5 heteroatoms. The van der Waals surface area contributed by atoms with Crippen molar-refractivity contribution in [3.05, 3.63) is 36.0 Å². The SMILES string of the molecule is CCCNc1ncnc(SCc2ccco2)c1CC. The quantitative estimate of drug-likeness (QED) is 0.617. The Morgan fingerprint density at radius 2 is 2.21 bits per heavy atom. The summed E-state index contributed by atoms with van der Waals surface area (Å²) < 4.78 is 5.34. The molecule has 0 bridgehead atoms. The molecule has 0 saturated carbocycles. The summed E-state index contributed by atoms with van der Waals surface area (Å²) in [5.41, 5.74) is 1.19. The summed E-state index contributed by atoms with van der Waals surface area (Å²) in [4.78, 5) is 8.72. The number of nitrogens with one attached hydrogen (secondary N) is 1. The molecule has 0 fully saturated rings. The molecule has 0 aliphatic rings. The first-order valence-electron chi connectivity index (χ1n) is 6.58. The first-order valence-corrected chi connectivity index (χ1v) is 7.56. The standard InChI is InChI=1S/C14H19N3OS/c1-3-7-15-13-12(4-2)14(17-10-16-13)19-9-11-6-5-8-18-11/h5-6,8,10H,3-4,7,9H2,1-2H3,(H,15,16,17). The van der Waals surface area contributed by atoms with Gasteiger partial charge >= 0.3 is 0 Å². The molecule has 0 aromatic carbocycles. The van der Waals surface area contributed by atoms with Gasteiger partial charge in [-0.05, 0) is 25.0 Å². The number of rotatable bonds is 7. The monoisotopic (exact) mass is 277 g/mol. The van der Waals surface area contributed by atoms with E-state index < -0.39 is 0 Å². The molecule has 0 radical (unpaired) electrons. The lowest BCUT2D eigenvalue weighted by atomic mass is 10.2. The van der Waals surface area contributed by atoms with Crippen LogP contribution in [0.1, 0.15) is 31.6 Å². The van der Waals surface area contributed by atoms with Crippen molar-refractivity contribution in [2.45, 2.75) is 37.5 Å². The Labute approximate surface area is 118 Å². The van der Waals surface area contributed by atoms with E-state index in [1.807, 2.05) is 12.1 Å². The Balaban J connectivity index is 2.10. The highest BCUT2D eigenvalue weighted by Gasteiger charge is 2.10. The first-order chi connectivity index (χ1) is 9.35. The summed E-state index contributed by atoms with van der Waals surface area (Å²) in [6.07, 6.45) is 5.34. The maximum absolute atomic E-state index is 5.34. The second kappa shape index (κ2) is 7.19. The van der Waals surface area contributed by atoms with E-state index in [-0.39, 0.29) is 0 Å². The van der Waals surface area contributed by atoms with Crippen molar-refractivity contribution in [1.29, 1.82) is 0 Å². The third kappa shape index (κ3) is 3.73. The zero-order valence-corrected chi connectivity index (χ0v) is 12.2. The summed E-state index contributed by atoms with van der Waals surface area (Å²) in [5.74, 6) is 2.72. The fraction of sp³-hybridized carbons (Fsp3) is 0.429. The Morgan fingerprint density at radius 3 is 2.89 bits per heavy atom. The number of hydrogen-bond acceptors (Lipinski definition) is 5. The van der Waals surface area contributed by atoms with Crippen LogP contribution in [0, 0.1) is 0 Å². The van der Waals surface area contributed by atoms with E-state index in [1.165, 1.54) is 5.56 Å². The van der Waals surface area contributed by atoms with Gasteiger partial charge in [0.25, 0.3) is 0 Å². The van der Waals surface area contributed by atoms with Crippen molar-refractivity contribution >= 4 is 17.6 Å². The molecule has 2 rings (SSSR count). The van der Waals surface area contributed by atoms with Gasteiger partial charge in [-0.1, -0.05) is 25.6 Å². The fourth-order valence-electron chi connectivity index (χ4n) is 1.77. The van der Waals surface area contributed by atoms with Crippen LogP contribution in [-0.4, -0.2) is 16.5 Å². The summed E-state index contributed by atoms with van der Waals surface area (Å²) in [6, 6.07) is 3.89. The van der Waals surface area contributed by atoms with E-state index >= 15 is 0 Å². The number of nitrogens with zero attached hydrogens (tertiary/aromatic N) is 2. The van der Waals surface area contributed by atoms with Gasteiger partial charge in [-0.25, -0.2) is 9.97 Å². The number of aromatic nitrogens is 2. The molecule has 2 aromatic heterocycles. The summed E-state index contributed by atoms with van der Waals surface area (Å²) in [5, 5.41) is 4.39. The van der Waals surface area contributed by atoms with Crippen LogP contribution in [0.4, 0.5) is 5.82 Å². The van der Waals surface area contributed by atoms with Gasteiger partial charge in [0, 0.05) is 12.1 Å². The third-order valence-electron chi connectivity index (χ3n) is 2.73. The van der Waals surface area contributed by atoms with Crippen molar-refractivity contribution in [3.8, 4) is 0 Å². The molecule has 0 spiro atoms. The molecule has 1 N–H and O–H groups in total. The van der Waals surface area contributed by atoms with Crippen LogP contribution in [0.5, 0.6) is 0 Å². The van der Waals surface area contributed by atoms with Crippen LogP contribution in [0.15, 0.2) is 34.2 Å². The van der Waals surface area contributed by atoms with Crippen LogP contribution in [-0.2, 0) is 12.2 Å². The van der Waals surface area contributed by atoms with Crippen LogP contribution >= 0.6 is 11.8 Å². The van der Waals surface area contributed by atoms with E-state index in [0.29, 0.717) is 0 Å². The van der Waals surface area contributed by atoms with E-state index in [2.05, 4.69) is 29.1 Å². The van der Waals surface area contributed by atoms with Gasteiger partial charge in [-0.2, -0.15) is 0 Å². The molecule has 0 unspecified atom stereocenters. The predicted molar refractivity (Wildman–Crippen MR) is 78.5 cm³/mol. The summed E-state index contributed by atoms with van der Waals surface area (Å²) in [7, 11) is 0. The average Bonchev–Trinajstić information content (AvgIpc) is 2.96. The zero-order chi connectivity index (χ0) is 13.5. The highest BCUT2D eigenvalue weighted by molar-refractivity contribution is 7.98. The molecule has 0 amide bonds. The minimum atomic E-state index is 0.796. The molecule has 2 aromatic rings. The normalized spacial score (nSPS) is 10.6. The van der Waals surface area contributed by atoms with E-state index in [4.69, 9.17) is 4.42 Å². The molecule has 19 heavy (non-hydrogen) atoms. The average molecular weight is 277 g/mol. The van der Waals surface area contributed by atoms with Crippen LogP contribution in [0.25, 0.3) is 0 Å². The van der Waals surface area contributed by atoms with Gasteiger partial charge in [-0.15, -0.1) is 0 Å². The zero-order valence-electron chi connectivity index (χ0n) is 11.3. The molecule has 0 saturated heterocycles. The predicted octanol–water partition coefficient (Wildman–Crippen LogP) is 3.75. The number of thioether (sulfide) groups is 1. The number of furan rings is 1. The number of anilines is 1. The van der Waals surface area contributed by atoms with Crippen LogP contribution < -0.4 is 5.32 Å². The van der Waals surface area contributed by atoms with Crippen molar-refractivity contribution < 1.29 is 4.42 Å². The van der Waals surface area contributed by atoms with E-state index in [9.17, 15) is 0 Å². The van der Waals surface area contributed by atoms with Crippen molar-refractivity contribution in [1.82, 2.24) is 9.97 Å². The second-order valence-electron chi connectivity index (χ2n) is 4.15. The fourth-order valence-corrected chi connectivity index (χ4v) is 2.75. The molecule has 4 nitrogen and oxygen atoms in total. The van der Waals surface area contributed by atoms with Crippen molar-refractivity contribution in [2.24, 2.45) is 0 Å². The lowest BCUT2D eigenvalue weighted by molar-refractivity contribution is 0.530. The molecular formula is C14H19N3OS. The van der Waals surface area contributed by atoms with E-state index in [0.717, 1.165) is 41.7 Å². The van der Waals surface area contributed by atoms with Crippen molar-refractivity contribution in [2.75, 3.05) is 11.9 Å². The molecule has 0 aliphatic heterocycles. The Bertz CT molecular complexity index is 499. The van der Waals surface area contributed by atoms with Gasteiger partial charge in [0.15, 0.2) is 0 Å². The largest absolute Gasteiger partial charge is 0.468 e. The highest BCUT2D eigenvalue weighted by Crippen LogP contribution is 2.28. The minimum absolute atomic E-state index is 0.796. The van der Waals surface area contributed by atoms with Crippen LogP contribution in [0.2, 0.25) is 0 Å². The van der Waals surface area contributed by atoms with Gasteiger partial charge in [-0.3, -0.25) is 0 Å². The highest BCUT2D eigenvalue weighted by atomic mass is 32.2. The second-order valence-corrected chi connectivity index (χ2v) is 5.12. The van der Waals surface area contributed by atoms with E-state index in [1.54, 1.807) is 24.4 Å². The molecule has 102 valence electrons. The topological polar surface area (TPSA) is 51.0 Å². The summed E-state index contributed by atoms with van der Waals surface area (Å²) >= 11 is 1.69. The Kier molecular flexibility index (Phi) is 5.27. The molecule has 2 heterocycles. The summed E-state index contributed by atoms with van der Waals surface area (Å²) in [6.45, 7) is 5.21. The van der Waals surface area contributed by atoms with Gasteiger partial charge in [0.1, 0.15) is 22.9 Å². The first kappa shape index (κ1) is 13.9. The molecule has 0 aliphatic carbocycles. The minimum Gasteiger partial charge on any atom is -0.468 e. The lowest BCUT2D eigenvalue weighted by Crippen LogP contribution is -2.07. The molecule has 0 atom stereocenters. The maximum Gasteiger partial charge on any atom is 0.133 e. The van der Waals surface area contributed by atoms with Crippen LogP contribution in [0.3, 0.4) is 0 Å². The smallest absolute Gasteiger partial charge is 0.133 e. The van der Waals surface area contributed by atoms with Gasteiger partial charge in [0.05, 0.1) is 12.0 Å². The molecular weight excluding hydrogens is 258 g/mol.